The Morgan fingerprint density at radius 2 is 1.63 bits per heavy atom. The summed E-state index contributed by atoms with van der Waals surface area (Å²) in [6.45, 7) is 8.09. The Labute approximate surface area is 181 Å². The van der Waals surface area contributed by atoms with Gasteiger partial charge in [-0.15, -0.1) is 0 Å². The molecule has 5 heteroatoms. The van der Waals surface area contributed by atoms with Crippen molar-refractivity contribution in [2.45, 2.75) is 58.4 Å². The summed E-state index contributed by atoms with van der Waals surface area (Å²) >= 11 is 0. The lowest BCUT2D eigenvalue weighted by Gasteiger charge is -2.43. The number of amides is 2. The normalized spacial score (nSPS) is 26.8. The van der Waals surface area contributed by atoms with Crippen molar-refractivity contribution in [3.63, 3.8) is 0 Å². The van der Waals surface area contributed by atoms with Gasteiger partial charge in [0.1, 0.15) is 0 Å². The number of hydrogen-bond acceptors (Lipinski definition) is 3. The Morgan fingerprint density at radius 3 is 2.33 bits per heavy atom. The summed E-state index contributed by atoms with van der Waals surface area (Å²) in [5.41, 5.74) is 0.946. The van der Waals surface area contributed by atoms with E-state index in [1.54, 1.807) is 0 Å². The van der Waals surface area contributed by atoms with Gasteiger partial charge in [0.2, 0.25) is 11.8 Å². The first-order valence-electron chi connectivity index (χ1n) is 11.9. The predicted molar refractivity (Wildman–Crippen MR) is 119 cm³/mol. The maximum atomic E-state index is 13.7. The van der Waals surface area contributed by atoms with Crippen molar-refractivity contribution >= 4 is 11.8 Å². The summed E-state index contributed by atoms with van der Waals surface area (Å²) in [5, 5.41) is 0. The van der Waals surface area contributed by atoms with Crippen molar-refractivity contribution in [2.24, 2.45) is 11.3 Å². The lowest BCUT2D eigenvalue weighted by atomic mass is 9.69. The molecular weight excluding hydrogens is 374 g/mol. The monoisotopic (exact) mass is 411 g/mol. The molecule has 3 aliphatic rings. The molecule has 1 atom stereocenters. The molecule has 3 heterocycles. The van der Waals surface area contributed by atoms with Gasteiger partial charge < -0.3 is 9.80 Å². The van der Waals surface area contributed by atoms with Crippen LogP contribution in [0.4, 0.5) is 0 Å². The smallest absolute Gasteiger partial charge is 0.236 e. The van der Waals surface area contributed by atoms with E-state index in [-0.39, 0.29) is 11.3 Å². The molecule has 0 spiro atoms. The van der Waals surface area contributed by atoms with Crippen molar-refractivity contribution in [2.75, 3.05) is 39.3 Å². The molecule has 0 bridgehead atoms. The molecule has 4 rings (SSSR count). The minimum absolute atomic E-state index is 0.268. The van der Waals surface area contributed by atoms with Crippen LogP contribution in [0, 0.1) is 11.3 Å². The molecule has 5 nitrogen and oxygen atoms in total. The zero-order valence-corrected chi connectivity index (χ0v) is 18.5. The van der Waals surface area contributed by atoms with E-state index in [0.717, 1.165) is 84.2 Å². The van der Waals surface area contributed by atoms with Crippen molar-refractivity contribution in [3.05, 3.63) is 35.9 Å². The van der Waals surface area contributed by atoms with Gasteiger partial charge in [-0.05, 0) is 63.1 Å². The second-order valence-corrected chi connectivity index (χ2v) is 9.73. The van der Waals surface area contributed by atoms with Crippen LogP contribution in [0.25, 0.3) is 0 Å². The van der Waals surface area contributed by atoms with Gasteiger partial charge >= 0.3 is 0 Å². The van der Waals surface area contributed by atoms with Crippen LogP contribution in [0.1, 0.15) is 57.4 Å². The second kappa shape index (κ2) is 9.51. The van der Waals surface area contributed by atoms with Gasteiger partial charge in [0.25, 0.3) is 0 Å². The van der Waals surface area contributed by atoms with E-state index >= 15 is 0 Å². The molecular formula is C25H37N3O2. The van der Waals surface area contributed by atoms with Crippen LogP contribution in [-0.4, -0.2) is 65.8 Å². The zero-order chi connectivity index (χ0) is 21.0. The molecule has 0 N–H and O–H groups in total. The first kappa shape index (κ1) is 21.4. The Hall–Kier alpha value is -1.88. The van der Waals surface area contributed by atoms with E-state index in [0.29, 0.717) is 18.4 Å². The standard InChI is InChI=1S/C25H37N3O2/c1-25(13-5-6-16-28(24(25)30)19-21-9-3-2-4-10-21)22-11-17-26(18-12-22)20-23(29)27-14-7-8-15-27/h2-4,9-10,22H,5-8,11-20H2,1H3. The lowest BCUT2D eigenvalue weighted by molar-refractivity contribution is -0.146. The van der Waals surface area contributed by atoms with Crippen LogP contribution >= 0.6 is 0 Å². The SMILES string of the molecule is CC1(C2CCN(CC(=O)N3CCCC3)CC2)CCCCN(Cc2ccccc2)C1=O. The molecule has 1 unspecified atom stereocenters. The summed E-state index contributed by atoms with van der Waals surface area (Å²) in [4.78, 5) is 32.6. The minimum Gasteiger partial charge on any atom is -0.342 e. The highest BCUT2D eigenvalue weighted by atomic mass is 16.2. The summed E-state index contributed by atoms with van der Waals surface area (Å²) < 4.78 is 0. The lowest BCUT2D eigenvalue weighted by Crippen LogP contribution is -2.49. The van der Waals surface area contributed by atoms with Crippen molar-refractivity contribution in [1.82, 2.24) is 14.7 Å². The predicted octanol–water partition coefficient (Wildman–Crippen LogP) is 3.54. The van der Waals surface area contributed by atoms with Crippen LogP contribution < -0.4 is 0 Å². The third kappa shape index (κ3) is 4.72. The highest BCUT2D eigenvalue weighted by molar-refractivity contribution is 5.83. The first-order chi connectivity index (χ1) is 14.6. The number of piperidine rings is 1. The fraction of sp³-hybridized carbons (Fsp3) is 0.680. The van der Waals surface area contributed by atoms with Crippen molar-refractivity contribution in [3.8, 4) is 0 Å². The summed E-state index contributed by atoms with van der Waals surface area (Å²) in [5.74, 6) is 1.05. The van der Waals surface area contributed by atoms with Gasteiger partial charge in [-0.1, -0.05) is 43.7 Å². The number of hydrogen-bond donors (Lipinski definition) is 0. The van der Waals surface area contributed by atoms with Gasteiger partial charge in [0, 0.05) is 31.6 Å². The van der Waals surface area contributed by atoms with Crippen LogP contribution in [-0.2, 0) is 16.1 Å². The molecule has 3 fully saturated rings. The minimum atomic E-state index is -0.268. The summed E-state index contributed by atoms with van der Waals surface area (Å²) in [7, 11) is 0. The fourth-order valence-corrected chi connectivity index (χ4v) is 5.68. The second-order valence-electron chi connectivity index (χ2n) is 9.73. The van der Waals surface area contributed by atoms with Crippen molar-refractivity contribution in [1.29, 1.82) is 0 Å². The van der Waals surface area contributed by atoms with E-state index in [1.807, 2.05) is 11.0 Å². The number of carbonyl (C=O) groups excluding carboxylic acids is 2. The van der Waals surface area contributed by atoms with Gasteiger partial charge in [0.15, 0.2) is 0 Å². The summed E-state index contributed by atoms with van der Waals surface area (Å²) in [6.07, 6.45) is 7.55. The molecule has 0 aromatic heterocycles. The van der Waals surface area contributed by atoms with E-state index in [2.05, 4.69) is 41.0 Å². The number of likely N-dealkylation sites (tertiary alicyclic amines) is 3. The quantitative estimate of drug-likeness (QED) is 0.744. The Bertz CT molecular complexity index is 723. The maximum absolute atomic E-state index is 13.7. The Kier molecular flexibility index (Phi) is 6.77. The van der Waals surface area contributed by atoms with Gasteiger partial charge in [-0.3, -0.25) is 14.5 Å². The van der Waals surface area contributed by atoms with Crippen LogP contribution in [0.3, 0.4) is 0 Å². The molecule has 3 saturated heterocycles. The third-order valence-corrected chi connectivity index (χ3v) is 7.67. The average Bonchev–Trinajstić information content (AvgIpc) is 3.27. The molecule has 0 aliphatic carbocycles. The molecule has 1 aromatic rings. The zero-order valence-electron chi connectivity index (χ0n) is 18.5. The first-order valence-corrected chi connectivity index (χ1v) is 11.9. The number of nitrogens with zero attached hydrogens (tertiary/aromatic N) is 3. The van der Waals surface area contributed by atoms with E-state index in [4.69, 9.17) is 0 Å². The van der Waals surface area contributed by atoms with Gasteiger partial charge in [0.05, 0.1) is 6.54 Å². The highest BCUT2D eigenvalue weighted by Crippen LogP contribution is 2.43. The van der Waals surface area contributed by atoms with Crippen LogP contribution in [0.2, 0.25) is 0 Å². The van der Waals surface area contributed by atoms with Crippen LogP contribution in [0.5, 0.6) is 0 Å². The molecule has 1 aromatic carbocycles. The van der Waals surface area contributed by atoms with E-state index in [9.17, 15) is 9.59 Å². The number of benzene rings is 1. The fourth-order valence-electron chi connectivity index (χ4n) is 5.68. The van der Waals surface area contributed by atoms with E-state index in [1.165, 1.54) is 5.56 Å². The van der Waals surface area contributed by atoms with Gasteiger partial charge in [-0.25, -0.2) is 0 Å². The topological polar surface area (TPSA) is 43.9 Å². The third-order valence-electron chi connectivity index (χ3n) is 7.67. The van der Waals surface area contributed by atoms with Crippen molar-refractivity contribution < 1.29 is 9.59 Å². The Balaban J connectivity index is 1.36. The number of carbonyl (C=O) groups is 2. The molecule has 30 heavy (non-hydrogen) atoms. The Morgan fingerprint density at radius 1 is 0.967 bits per heavy atom. The molecule has 3 aliphatic heterocycles. The highest BCUT2D eigenvalue weighted by Gasteiger charge is 2.45. The summed E-state index contributed by atoms with van der Waals surface area (Å²) in [6, 6.07) is 10.4. The van der Waals surface area contributed by atoms with Gasteiger partial charge in [-0.2, -0.15) is 0 Å². The molecule has 2 amide bonds. The average molecular weight is 412 g/mol. The number of rotatable bonds is 5. The largest absolute Gasteiger partial charge is 0.342 e. The molecule has 164 valence electrons. The molecule has 0 saturated carbocycles. The van der Waals surface area contributed by atoms with E-state index < -0.39 is 0 Å². The van der Waals surface area contributed by atoms with Crippen LogP contribution in [0.15, 0.2) is 30.3 Å². The maximum Gasteiger partial charge on any atom is 0.236 e. The molecule has 0 radical (unpaired) electrons.